The van der Waals surface area contributed by atoms with Crippen LogP contribution in [-0.2, 0) is 6.42 Å². The Morgan fingerprint density at radius 2 is 2.00 bits per heavy atom. The number of anilines is 1. The number of rotatable bonds is 5. The zero-order chi connectivity index (χ0) is 15.4. The Morgan fingerprint density at radius 1 is 1.24 bits per heavy atom. The van der Waals surface area contributed by atoms with E-state index in [-0.39, 0.29) is 5.82 Å². The first-order valence-electron chi connectivity index (χ1n) is 7.06. The lowest BCUT2D eigenvalue weighted by atomic mass is 10.1. The van der Waals surface area contributed by atoms with Crippen molar-refractivity contribution in [1.29, 1.82) is 0 Å². The molecular weight excluding hydrogens is 333 g/mol. The van der Waals surface area contributed by atoms with Crippen LogP contribution in [0.4, 0.5) is 10.2 Å². The standard InChI is InChI=1S/C16H19BrFN3/c1-4-19-15-9-12(7-10(2)3)20-16(21-15)11-5-6-14(18)13(17)8-11/h5-6,8-10H,4,7H2,1-3H3,(H,19,20,21). The van der Waals surface area contributed by atoms with Gasteiger partial charge in [-0.05, 0) is 53.4 Å². The highest BCUT2D eigenvalue weighted by molar-refractivity contribution is 9.10. The highest BCUT2D eigenvalue weighted by Crippen LogP contribution is 2.24. The van der Waals surface area contributed by atoms with E-state index >= 15 is 0 Å². The Balaban J connectivity index is 2.45. The van der Waals surface area contributed by atoms with Gasteiger partial charge in [-0.15, -0.1) is 0 Å². The van der Waals surface area contributed by atoms with Crippen molar-refractivity contribution in [2.45, 2.75) is 27.2 Å². The quantitative estimate of drug-likeness (QED) is 0.849. The third-order valence-electron chi connectivity index (χ3n) is 2.93. The minimum Gasteiger partial charge on any atom is -0.370 e. The van der Waals surface area contributed by atoms with Gasteiger partial charge < -0.3 is 5.32 Å². The van der Waals surface area contributed by atoms with E-state index in [0.717, 1.165) is 30.0 Å². The van der Waals surface area contributed by atoms with Gasteiger partial charge in [0.25, 0.3) is 0 Å². The van der Waals surface area contributed by atoms with Crippen molar-refractivity contribution in [3.63, 3.8) is 0 Å². The van der Waals surface area contributed by atoms with Crippen LogP contribution in [0, 0.1) is 11.7 Å². The van der Waals surface area contributed by atoms with Crippen molar-refractivity contribution in [2.24, 2.45) is 5.92 Å². The number of halogens is 2. The van der Waals surface area contributed by atoms with E-state index in [0.29, 0.717) is 16.2 Å². The predicted molar refractivity (Wildman–Crippen MR) is 87.8 cm³/mol. The number of aromatic nitrogens is 2. The topological polar surface area (TPSA) is 37.8 Å². The molecule has 0 unspecified atom stereocenters. The lowest BCUT2D eigenvalue weighted by Gasteiger charge is -2.11. The van der Waals surface area contributed by atoms with Gasteiger partial charge in [0.05, 0.1) is 4.47 Å². The fourth-order valence-corrected chi connectivity index (χ4v) is 2.44. The predicted octanol–water partition coefficient (Wildman–Crippen LogP) is 4.68. The first-order valence-corrected chi connectivity index (χ1v) is 7.86. The average molecular weight is 352 g/mol. The maximum atomic E-state index is 13.4. The Bertz CT molecular complexity index is 629. The van der Waals surface area contributed by atoms with E-state index in [1.165, 1.54) is 6.07 Å². The molecule has 1 heterocycles. The lowest BCUT2D eigenvalue weighted by molar-refractivity contribution is 0.621. The van der Waals surface area contributed by atoms with Crippen LogP contribution in [0.2, 0.25) is 0 Å². The van der Waals surface area contributed by atoms with Gasteiger partial charge in [-0.1, -0.05) is 13.8 Å². The second-order valence-corrected chi connectivity index (χ2v) is 6.18. The van der Waals surface area contributed by atoms with Gasteiger partial charge in [-0.25, -0.2) is 14.4 Å². The monoisotopic (exact) mass is 351 g/mol. The van der Waals surface area contributed by atoms with Gasteiger partial charge in [-0.3, -0.25) is 0 Å². The Kier molecular flexibility index (Phi) is 5.28. The molecule has 0 saturated carbocycles. The molecule has 112 valence electrons. The molecule has 0 bridgehead atoms. The van der Waals surface area contributed by atoms with Gasteiger partial charge in [0, 0.05) is 23.9 Å². The van der Waals surface area contributed by atoms with Gasteiger partial charge >= 0.3 is 0 Å². The maximum absolute atomic E-state index is 13.4. The minimum atomic E-state index is -0.288. The fraction of sp³-hybridized carbons (Fsp3) is 0.375. The lowest BCUT2D eigenvalue weighted by Crippen LogP contribution is -2.06. The van der Waals surface area contributed by atoms with Crippen molar-refractivity contribution < 1.29 is 4.39 Å². The molecule has 0 fully saturated rings. The van der Waals surface area contributed by atoms with Crippen LogP contribution in [0.15, 0.2) is 28.7 Å². The molecule has 0 aliphatic rings. The molecule has 0 aliphatic heterocycles. The molecule has 2 aromatic rings. The largest absolute Gasteiger partial charge is 0.370 e. The second kappa shape index (κ2) is 6.98. The number of nitrogens with one attached hydrogen (secondary N) is 1. The van der Waals surface area contributed by atoms with E-state index in [1.807, 2.05) is 13.0 Å². The first-order chi connectivity index (χ1) is 9.99. The third-order valence-corrected chi connectivity index (χ3v) is 3.54. The summed E-state index contributed by atoms with van der Waals surface area (Å²) in [5.41, 5.74) is 1.79. The summed E-state index contributed by atoms with van der Waals surface area (Å²) in [5, 5.41) is 3.22. The van der Waals surface area contributed by atoms with Crippen molar-refractivity contribution in [2.75, 3.05) is 11.9 Å². The highest BCUT2D eigenvalue weighted by Gasteiger charge is 2.10. The summed E-state index contributed by atoms with van der Waals surface area (Å²) < 4.78 is 13.8. The zero-order valence-electron chi connectivity index (χ0n) is 12.5. The minimum absolute atomic E-state index is 0.288. The van der Waals surface area contributed by atoms with Crippen molar-refractivity contribution in [3.8, 4) is 11.4 Å². The van der Waals surface area contributed by atoms with E-state index in [1.54, 1.807) is 12.1 Å². The summed E-state index contributed by atoms with van der Waals surface area (Å²) >= 11 is 3.21. The molecular formula is C16H19BrFN3. The molecule has 5 heteroatoms. The molecule has 0 spiro atoms. The highest BCUT2D eigenvalue weighted by atomic mass is 79.9. The summed E-state index contributed by atoms with van der Waals surface area (Å²) in [6.07, 6.45) is 0.885. The smallest absolute Gasteiger partial charge is 0.161 e. The molecule has 0 atom stereocenters. The van der Waals surface area contributed by atoms with Crippen LogP contribution >= 0.6 is 15.9 Å². The van der Waals surface area contributed by atoms with Gasteiger partial charge in [0.1, 0.15) is 11.6 Å². The van der Waals surface area contributed by atoms with Crippen molar-refractivity contribution in [3.05, 3.63) is 40.2 Å². The van der Waals surface area contributed by atoms with E-state index in [2.05, 4.69) is 45.1 Å². The van der Waals surface area contributed by atoms with Gasteiger partial charge in [0.2, 0.25) is 0 Å². The molecule has 0 saturated heterocycles. The van der Waals surface area contributed by atoms with Crippen LogP contribution in [0.3, 0.4) is 0 Å². The Morgan fingerprint density at radius 3 is 2.62 bits per heavy atom. The molecule has 0 amide bonds. The summed E-state index contributed by atoms with van der Waals surface area (Å²) in [4.78, 5) is 9.11. The zero-order valence-corrected chi connectivity index (χ0v) is 14.0. The Hall–Kier alpha value is -1.49. The summed E-state index contributed by atoms with van der Waals surface area (Å²) in [7, 11) is 0. The number of hydrogen-bond acceptors (Lipinski definition) is 3. The van der Waals surface area contributed by atoms with Crippen LogP contribution in [-0.4, -0.2) is 16.5 Å². The average Bonchev–Trinajstić information content (AvgIpc) is 2.41. The molecule has 0 aliphatic carbocycles. The number of hydrogen-bond donors (Lipinski definition) is 1. The molecule has 1 N–H and O–H groups in total. The SMILES string of the molecule is CCNc1cc(CC(C)C)nc(-c2ccc(F)c(Br)c2)n1. The van der Waals surface area contributed by atoms with Crippen LogP contribution in [0.1, 0.15) is 26.5 Å². The van der Waals surface area contributed by atoms with E-state index in [9.17, 15) is 4.39 Å². The summed E-state index contributed by atoms with van der Waals surface area (Å²) in [6, 6.07) is 6.81. The van der Waals surface area contributed by atoms with Crippen molar-refractivity contribution >= 4 is 21.7 Å². The van der Waals surface area contributed by atoms with Gasteiger partial charge in [-0.2, -0.15) is 0 Å². The van der Waals surface area contributed by atoms with Crippen LogP contribution in [0.25, 0.3) is 11.4 Å². The molecule has 21 heavy (non-hydrogen) atoms. The van der Waals surface area contributed by atoms with Crippen molar-refractivity contribution in [1.82, 2.24) is 9.97 Å². The summed E-state index contributed by atoms with van der Waals surface area (Å²) in [5.74, 6) is 1.65. The molecule has 1 aromatic carbocycles. The second-order valence-electron chi connectivity index (χ2n) is 5.33. The normalized spacial score (nSPS) is 11.0. The molecule has 2 rings (SSSR count). The van der Waals surface area contributed by atoms with E-state index < -0.39 is 0 Å². The van der Waals surface area contributed by atoms with Crippen LogP contribution in [0.5, 0.6) is 0 Å². The number of nitrogens with zero attached hydrogens (tertiary/aromatic N) is 2. The third kappa shape index (κ3) is 4.24. The molecule has 1 aromatic heterocycles. The molecule has 0 radical (unpaired) electrons. The Labute approximate surface area is 133 Å². The maximum Gasteiger partial charge on any atom is 0.161 e. The van der Waals surface area contributed by atoms with Crippen LogP contribution < -0.4 is 5.32 Å². The van der Waals surface area contributed by atoms with Gasteiger partial charge in [0.15, 0.2) is 5.82 Å². The first kappa shape index (κ1) is 15.9. The van der Waals surface area contributed by atoms with E-state index in [4.69, 9.17) is 0 Å². The number of benzene rings is 1. The molecule has 3 nitrogen and oxygen atoms in total. The fourth-order valence-electron chi connectivity index (χ4n) is 2.06. The summed E-state index contributed by atoms with van der Waals surface area (Å²) in [6.45, 7) is 7.13.